The van der Waals surface area contributed by atoms with Crippen LogP contribution in [0.1, 0.15) is 52.8 Å². The molecule has 0 saturated heterocycles. The first kappa shape index (κ1) is 19.2. The molecule has 2 heterocycles. The van der Waals surface area contributed by atoms with Crippen molar-refractivity contribution in [1.29, 1.82) is 0 Å². The highest BCUT2D eigenvalue weighted by atomic mass is 32.1. The number of aromatic nitrogens is 3. The molecular weight excluding hydrogens is 368 g/mol. The van der Waals surface area contributed by atoms with Crippen LogP contribution >= 0.6 is 11.3 Å². The van der Waals surface area contributed by atoms with Crippen molar-refractivity contribution >= 4 is 28.3 Å². The maximum Gasteiger partial charge on any atom is 0.357 e. The highest BCUT2D eigenvalue weighted by Crippen LogP contribution is 2.25. The number of aryl methyl sites for hydroxylation is 3. The second-order valence-corrected chi connectivity index (χ2v) is 7.48. The van der Waals surface area contributed by atoms with Crippen LogP contribution in [0, 0.1) is 0 Å². The first-order valence-corrected chi connectivity index (χ1v) is 9.81. The average molecular weight is 390 g/mol. The fourth-order valence-corrected chi connectivity index (χ4v) is 4.13. The van der Waals surface area contributed by atoms with Gasteiger partial charge in [-0.2, -0.15) is 5.10 Å². The summed E-state index contributed by atoms with van der Waals surface area (Å²) >= 11 is 1.24. The van der Waals surface area contributed by atoms with E-state index < -0.39 is 11.9 Å². The zero-order valence-electron chi connectivity index (χ0n) is 15.4. The van der Waals surface area contributed by atoms with Gasteiger partial charge in [0.25, 0.3) is 5.56 Å². The van der Waals surface area contributed by atoms with Crippen LogP contribution < -0.4 is 10.9 Å². The normalized spacial score (nSPS) is 13.1. The summed E-state index contributed by atoms with van der Waals surface area (Å²) in [5, 5.41) is 7.31. The Hall–Kier alpha value is -2.55. The van der Waals surface area contributed by atoms with Gasteiger partial charge in [0.1, 0.15) is 6.54 Å². The number of rotatable bonds is 6. The third-order valence-electron chi connectivity index (χ3n) is 4.37. The van der Waals surface area contributed by atoms with Gasteiger partial charge in [-0.1, -0.05) is 13.3 Å². The molecule has 0 spiro atoms. The Balaban J connectivity index is 1.74. The van der Waals surface area contributed by atoms with Crippen LogP contribution in [0.3, 0.4) is 0 Å². The SMILES string of the molecule is CCCc1sc(NC(=O)Cn2nc3c(cc2=O)CCCC3)nc1C(=O)OC. The van der Waals surface area contributed by atoms with Crippen LogP contribution in [-0.4, -0.2) is 33.8 Å². The molecule has 1 aliphatic rings. The molecule has 0 unspecified atom stereocenters. The number of methoxy groups -OCH3 is 1. The molecule has 0 bridgehead atoms. The van der Waals surface area contributed by atoms with Crippen LogP contribution in [0.2, 0.25) is 0 Å². The number of carbonyl (C=O) groups is 2. The van der Waals surface area contributed by atoms with Crippen molar-refractivity contribution < 1.29 is 14.3 Å². The van der Waals surface area contributed by atoms with Crippen LogP contribution in [-0.2, 0) is 35.3 Å². The van der Waals surface area contributed by atoms with Gasteiger partial charge in [0.2, 0.25) is 5.91 Å². The largest absolute Gasteiger partial charge is 0.464 e. The summed E-state index contributed by atoms with van der Waals surface area (Å²) in [6.45, 7) is 1.80. The maximum absolute atomic E-state index is 12.4. The summed E-state index contributed by atoms with van der Waals surface area (Å²) in [6.07, 6.45) is 5.30. The molecule has 1 N–H and O–H groups in total. The quantitative estimate of drug-likeness (QED) is 0.756. The highest BCUT2D eigenvalue weighted by Gasteiger charge is 2.20. The van der Waals surface area contributed by atoms with Crippen LogP contribution in [0.25, 0.3) is 0 Å². The molecule has 27 heavy (non-hydrogen) atoms. The Morgan fingerprint density at radius 1 is 1.33 bits per heavy atom. The average Bonchev–Trinajstić information content (AvgIpc) is 3.04. The predicted molar refractivity (Wildman–Crippen MR) is 101 cm³/mol. The number of hydrogen-bond acceptors (Lipinski definition) is 7. The minimum atomic E-state index is -0.525. The topological polar surface area (TPSA) is 103 Å². The van der Waals surface area contributed by atoms with Gasteiger partial charge in [-0.3, -0.25) is 9.59 Å². The second-order valence-electron chi connectivity index (χ2n) is 6.40. The van der Waals surface area contributed by atoms with Gasteiger partial charge in [0, 0.05) is 10.9 Å². The van der Waals surface area contributed by atoms with E-state index in [1.807, 2.05) is 6.92 Å². The maximum atomic E-state index is 12.4. The van der Waals surface area contributed by atoms with Crippen molar-refractivity contribution in [2.24, 2.45) is 0 Å². The minimum absolute atomic E-state index is 0.192. The van der Waals surface area contributed by atoms with Gasteiger partial charge in [-0.25, -0.2) is 14.5 Å². The van der Waals surface area contributed by atoms with Crippen molar-refractivity contribution in [2.45, 2.75) is 52.0 Å². The standard InChI is InChI=1S/C18H22N4O4S/c1-3-6-13-16(17(25)26-2)20-18(27-13)19-14(23)10-22-15(24)9-11-7-4-5-8-12(11)21-22/h9H,3-8,10H2,1-2H3,(H,19,20,23). The molecule has 0 fully saturated rings. The van der Waals surface area contributed by atoms with Crippen LogP contribution in [0.4, 0.5) is 5.13 Å². The Kier molecular flexibility index (Phi) is 6.00. The van der Waals surface area contributed by atoms with Crippen molar-refractivity contribution in [3.8, 4) is 0 Å². The number of carbonyl (C=O) groups excluding carboxylic acids is 2. The van der Waals surface area contributed by atoms with Gasteiger partial charge in [-0.05, 0) is 37.7 Å². The van der Waals surface area contributed by atoms with E-state index in [4.69, 9.17) is 4.74 Å². The van der Waals surface area contributed by atoms with E-state index in [1.165, 1.54) is 23.1 Å². The first-order valence-electron chi connectivity index (χ1n) is 8.99. The fourth-order valence-electron chi connectivity index (χ4n) is 3.07. The number of ether oxygens (including phenoxy) is 1. The zero-order chi connectivity index (χ0) is 19.4. The summed E-state index contributed by atoms with van der Waals surface area (Å²) in [7, 11) is 1.30. The van der Waals surface area contributed by atoms with Crippen molar-refractivity contribution in [3.05, 3.63) is 38.2 Å². The van der Waals surface area contributed by atoms with E-state index in [2.05, 4.69) is 15.4 Å². The molecule has 8 nitrogen and oxygen atoms in total. The van der Waals surface area contributed by atoms with Gasteiger partial charge >= 0.3 is 5.97 Å². The first-order chi connectivity index (χ1) is 13.0. The van der Waals surface area contributed by atoms with E-state index >= 15 is 0 Å². The highest BCUT2D eigenvalue weighted by molar-refractivity contribution is 7.16. The molecule has 0 saturated carbocycles. The molecule has 144 valence electrons. The summed E-state index contributed by atoms with van der Waals surface area (Å²) < 4.78 is 5.92. The third kappa shape index (κ3) is 4.41. The number of esters is 1. The smallest absolute Gasteiger partial charge is 0.357 e. The molecule has 0 aliphatic heterocycles. The summed E-state index contributed by atoms with van der Waals surface area (Å²) in [4.78, 5) is 41.3. The fraction of sp³-hybridized carbons (Fsp3) is 0.500. The summed E-state index contributed by atoms with van der Waals surface area (Å²) in [5.41, 5.74) is 1.81. The van der Waals surface area contributed by atoms with Crippen molar-refractivity contribution in [3.63, 3.8) is 0 Å². The number of hydrogen-bond donors (Lipinski definition) is 1. The van der Waals surface area contributed by atoms with Crippen molar-refractivity contribution in [2.75, 3.05) is 12.4 Å². The Labute approximate surface area is 160 Å². The molecule has 0 radical (unpaired) electrons. The Morgan fingerprint density at radius 2 is 2.11 bits per heavy atom. The van der Waals surface area contributed by atoms with Gasteiger partial charge < -0.3 is 10.1 Å². The van der Waals surface area contributed by atoms with E-state index in [0.29, 0.717) is 11.6 Å². The predicted octanol–water partition coefficient (Wildman–Crippen LogP) is 1.96. The van der Waals surface area contributed by atoms with E-state index in [0.717, 1.165) is 48.2 Å². The molecule has 1 aliphatic carbocycles. The molecule has 2 aromatic heterocycles. The van der Waals surface area contributed by atoms with Gasteiger partial charge in [0.05, 0.1) is 12.8 Å². The molecule has 0 aromatic carbocycles. The lowest BCUT2D eigenvalue weighted by Gasteiger charge is -2.15. The second kappa shape index (κ2) is 8.43. The van der Waals surface area contributed by atoms with Crippen LogP contribution in [0.15, 0.2) is 10.9 Å². The number of thiazole rings is 1. The van der Waals surface area contributed by atoms with E-state index in [9.17, 15) is 14.4 Å². The van der Waals surface area contributed by atoms with Gasteiger partial charge in [0.15, 0.2) is 10.8 Å². The van der Waals surface area contributed by atoms with Crippen LogP contribution in [0.5, 0.6) is 0 Å². The molecule has 3 rings (SSSR count). The molecular formula is C18H22N4O4S. The van der Waals surface area contributed by atoms with E-state index in [-0.39, 0.29) is 17.8 Å². The lowest BCUT2D eigenvalue weighted by molar-refractivity contribution is -0.117. The Morgan fingerprint density at radius 3 is 2.85 bits per heavy atom. The molecule has 9 heteroatoms. The number of nitrogens with one attached hydrogen (secondary N) is 1. The molecule has 1 amide bonds. The monoisotopic (exact) mass is 390 g/mol. The lowest BCUT2D eigenvalue weighted by Crippen LogP contribution is -2.31. The van der Waals surface area contributed by atoms with Crippen molar-refractivity contribution in [1.82, 2.24) is 14.8 Å². The zero-order valence-corrected chi connectivity index (χ0v) is 16.2. The number of anilines is 1. The Bertz CT molecular complexity index is 919. The number of nitrogens with zero attached hydrogens (tertiary/aromatic N) is 3. The summed E-state index contributed by atoms with van der Waals surface area (Å²) in [5.74, 6) is -0.934. The van der Waals surface area contributed by atoms with Gasteiger partial charge in [-0.15, -0.1) is 11.3 Å². The van der Waals surface area contributed by atoms with E-state index in [1.54, 1.807) is 6.07 Å². The third-order valence-corrected chi connectivity index (χ3v) is 5.40. The minimum Gasteiger partial charge on any atom is -0.464 e. The number of amides is 1. The lowest BCUT2D eigenvalue weighted by atomic mass is 9.97. The number of fused-ring (bicyclic) bond motifs is 1. The molecule has 0 atom stereocenters. The molecule has 2 aromatic rings. The summed E-state index contributed by atoms with van der Waals surface area (Å²) in [6, 6.07) is 1.58.